The topological polar surface area (TPSA) is 32.7 Å². The van der Waals surface area contributed by atoms with E-state index >= 15 is 0 Å². The Bertz CT molecular complexity index is 370. The third-order valence-electron chi connectivity index (χ3n) is 2.76. The van der Waals surface area contributed by atoms with E-state index in [0.717, 1.165) is 23.2 Å². The molecule has 4 heteroatoms. The standard InChI is InChI=1S/C12H16BrNO2/c1-14(4-5-15)8-11-7-9-6-10(13)2-3-12(9)16-11/h2-3,6,11,15H,4-5,7-8H2,1H3. The first-order valence-electron chi connectivity index (χ1n) is 5.43. The van der Waals surface area contributed by atoms with E-state index in [4.69, 9.17) is 9.84 Å². The summed E-state index contributed by atoms with van der Waals surface area (Å²) in [5.74, 6) is 0.991. The largest absolute Gasteiger partial charge is 0.488 e. The molecule has 88 valence electrons. The predicted octanol–water partition coefficient (Wildman–Crippen LogP) is 1.68. The summed E-state index contributed by atoms with van der Waals surface area (Å²) in [5, 5.41) is 8.83. The number of aliphatic hydroxyl groups is 1. The molecule has 1 aliphatic heterocycles. The van der Waals surface area contributed by atoms with Gasteiger partial charge in [-0.25, -0.2) is 0 Å². The zero-order chi connectivity index (χ0) is 11.5. The molecule has 0 amide bonds. The van der Waals surface area contributed by atoms with Crippen LogP contribution in [0.4, 0.5) is 0 Å². The van der Waals surface area contributed by atoms with Crippen LogP contribution in [-0.2, 0) is 6.42 Å². The number of likely N-dealkylation sites (N-methyl/N-ethyl adjacent to an activating group) is 1. The monoisotopic (exact) mass is 285 g/mol. The van der Waals surface area contributed by atoms with E-state index in [-0.39, 0.29) is 12.7 Å². The van der Waals surface area contributed by atoms with Gasteiger partial charge < -0.3 is 14.7 Å². The molecule has 0 bridgehead atoms. The number of hydrogen-bond donors (Lipinski definition) is 1. The summed E-state index contributed by atoms with van der Waals surface area (Å²) in [7, 11) is 2.00. The number of benzene rings is 1. The van der Waals surface area contributed by atoms with Crippen LogP contribution in [0.25, 0.3) is 0 Å². The quantitative estimate of drug-likeness (QED) is 0.914. The third-order valence-corrected chi connectivity index (χ3v) is 3.25. The third kappa shape index (κ3) is 2.75. The van der Waals surface area contributed by atoms with Crippen LogP contribution >= 0.6 is 15.9 Å². The van der Waals surface area contributed by atoms with Gasteiger partial charge in [-0.15, -0.1) is 0 Å². The second-order valence-corrected chi connectivity index (χ2v) is 5.10. The Morgan fingerprint density at radius 3 is 3.12 bits per heavy atom. The van der Waals surface area contributed by atoms with Crippen LogP contribution in [0.5, 0.6) is 5.75 Å². The van der Waals surface area contributed by atoms with Gasteiger partial charge in [0.1, 0.15) is 11.9 Å². The first kappa shape index (κ1) is 11.9. The van der Waals surface area contributed by atoms with Crippen molar-refractivity contribution in [3.63, 3.8) is 0 Å². The van der Waals surface area contributed by atoms with Crippen LogP contribution in [0.3, 0.4) is 0 Å². The number of hydrogen-bond acceptors (Lipinski definition) is 3. The van der Waals surface area contributed by atoms with Crippen LogP contribution in [-0.4, -0.2) is 42.9 Å². The minimum Gasteiger partial charge on any atom is -0.488 e. The Balaban J connectivity index is 1.95. The Morgan fingerprint density at radius 2 is 2.38 bits per heavy atom. The van der Waals surface area contributed by atoms with Gasteiger partial charge in [-0.3, -0.25) is 0 Å². The molecule has 1 aliphatic rings. The van der Waals surface area contributed by atoms with Gasteiger partial charge in [0.2, 0.25) is 0 Å². The van der Waals surface area contributed by atoms with Crippen LogP contribution in [0.2, 0.25) is 0 Å². The number of halogens is 1. The Kier molecular flexibility index (Phi) is 3.84. The summed E-state index contributed by atoms with van der Waals surface area (Å²) in [6, 6.07) is 6.12. The average Bonchev–Trinajstić information content (AvgIpc) is 2.59. The molecule has 1 aromatic carbocycles. The van der Waals surface area contributed by atoms with Gasteiger partial charge in [0.15, 0.2) is 0 Å². The van der Waals surface area contributed by atoms with Crippen molar-refractivity contribution in [2.75, 3.05) is 26.7 Å². The van der Waals surface area contributed by atoms with E-state index in [1.165, 1.54) is 5.56 Å². The van der Waals surface area contributed by atoms with Crippen LogP contribution in [0.1, 0.15) is 5.56 Å². The molecule has 0 aromatic heterocycles. The highest BCUT2D eigenvalue weighted by Crippen LogP contribution is 2.31. The van der Waals surface area contributed by atoms with Crippen molar-refractivity contribution in [2.45, 2.75) is 12.5 Å². The molecule has 0 saturated carbocycles. The molecule has 16 heavy (non-hydrogen) atoms. The molecule has 0 radical (unpaired) electrons. The minimum atomic E-state index is 0.196. The van der Waals surface area contributed by atoms with Gasteiger partial charge in [0, 0.05) is 24.0 Å². The number of nitrogens with zero attached hydrogens (tertiary/aromatic N) is 1. The highest BCUT2D eigenvalue weighted by atomic mass is 79.9. The van der Waals surface area contributed by atoms with Crippen molar-refractivity contribution in [1.29, 1.82) is 0 Å². The van der Waals surface area contributed by atoms with Gasteiger partial charge in [-0.05, 0) is 30.8 Å². The number of ether oxygens (including phenoxy) is 1. The van der Waals surface area contributed by atoms with E-state index in [1.54, 1.807) is 0 Å². The number of rotatable bonds is 4. The SMILES string of the molecule is CN(CCO)CC1Cc2cc(Br)ccc2O1. The van der Waals surface area contributed by atoms with Gasteiger partial charge in [-0.2, -0.15) is 0 Å². The maximum Gasteiger partial charge on any atom is 0.123 e. The number of fused-ring (bicyclic) bond motifs is 1. The van der Waals surface area contributed by atoms with Crippen molar-refractivity contribution < 1.29 is 9.84 Å². The van der Waals surface area contributed by atoms with E-state index in [9.17, 15) is 0 Å². The maximum atomic E-state index is 8.83. The van der Waals surface area contributed by atoms with Crippen molar-refractivity contribution in [1.82, 2.24) is 4.90 Å². The lowest BCUT2D eigenvalue weighted by molar-refractivity contribution is 0.148. The highest BCUT2D eigenvalue weighted by molar-refractivity contribution is 9.10. The predicted molar refractivity (Wildman–Crippen MR) is 66.8 cm³/mol. The molecular formula is C12H16BrNO2. The Labute approximate surface area is 104 Å². The van der Waals surface area contributed by atoms with Gasteiger partial charge in [-0.1, -0.05) is 15.9 Å². The molecule has 3 nitrogen and oxygen atoms in total. The Hall–Kier alpha value is -0.580. The maximum absolute atomic E-state index is 8.83. The highest BCUT2D eigenvalue weighted by Gasteiger charge is 2.23. The van der Waals surface area contributed by atoms with Gasteiger partial charge in [0.05, 0.1) is 6.61 Å². The van der Waals surface area contributed by atoms with Crippen LogP contribution in [0.15, 0.2) is 22.7 Å². The molecule has 2 rings (SSSR count). The summed E-state index contributed by atoms with van der Waals surface area (Å²) < 4.78 is 6.93. The van der Waals surface area contributed by atoms with Crippen molar-refractivity contribution >= 4 is 15.9 Å². The molecule has 1 heterocycles. The molecule has 1 N–H and O–H groups in total. The average molecular weight is 286 g/mol. The number of aliphatic hydroxyl groups excluding tert-OH is 1. The zero-order valence-electron chi connectivity index (χ0n) is 9.32. The van der Waals surface area contributed by atoms with Gasteiger partial charge >= 0.3 is 0 Å². The Morgan fingerprint density at radius 1 is 1.56 bits per heavy atom. The normalized spacial score (nSPS) is 18.6. The summed E-state index contributed by atoms with van der Waals surface area (Å²) in [6.07, 6.45) is 1.16. The molecular weight excluding hydrogens is 270 g/mol. The van der Waals surface area contributed by atoms with Crippen molar-refractivity contribution in [2.24, 2.45) is 0 Å². The molecule has 1 aromatic rings. The second kappa shape index (κ2) is 5.17. The fourth-order valence-electron chi connectivity index (χ4n) is 2.00. The molecule has 0 fully saturated rings. The zero-order valence-corrected chi connectivity index (χ0v) is 10.9. The summed E-state index contributed by atoms with van der Waals surface area (Å²) >= 11 is 3.46. The fraction of sp³-hybridized carbons (Fsp3) is 0.500. The molecule has 0 spiro atoms. The lowest BCUT2D eigenvalue weighted by atomic mass is 10.1. The van der Waals surface area contributed by atoms with E-state index in [1.807, 2.05) is 19.2 Å². The first-order valence-corrected chi connectivity index (χ1v) is 6.23. The van der Waals surface area contributed by atoms with Crippen molar-refractivity contribution in [3.05, 3.63) is 28.2 Å². The summed E-state index contributed by atoms with van der Waals surface area (Å²) in [5.41, 5.74) is 1.26. The molecule has 1 unspecified atom stereocenters. The van der Waals surface area contributed by atoms with Crippen LogP contribution in [0, 0.1) is 0 Å². The summed E-state index contributed by atoms with van der Waals surface area (Å²) in [6.45, 7) is 1.74. The minimum absolute atomic E-state index is 0.196. The van der Waals surface area contributed by atoms with Gasteiger partial charge in [0.25, 0.3) is 0 Å². The first-order chi connectivity index (χ1) is 7.69. The lowest BCUT2D eigenvalue weighted by Crippen LogP contribution is -2.33. The van der Waals surface area contributed by atoms with E-state index in [2.05, 4.69) is 26.9 Å². The smallest absolute Gasteiger partial charge is 0.123 e. The van der Waals surface area contributed by atoms with E-state index < -0.39 is 0 Å². The van der Waals surface area contributed by atoms with Crippen LogP contribution < -0.4 is 4.74 Å². The molecule has 1 atom stereocenters. The second-order valence-electron chi connectivity index (χ2n) is 4.18. The fourth-order valence-corrected chi connectivity index (χ4v) is 2.41. The molecule has 0 saturated heterocycles. The summed E-state index contributed by atoms with van der Waals surface area (Å²) in [4.78, 5) is 2.09. The lowest BCUT2D eigenvalue weighted by Gasteiger charge is -2.19. The molecule has 0 aliphatic carbocycles. The van der Waals surface area contributed by atoms with Crippen molar-refractivity contribution in [3.8, 4) is 5.75 Å². The van der Waals surface area contributed by atoms with E-state index in [0.29, 0.717) is 6.54 Å².